The van der Waals surface area contributed by atoms with Gasteiger partial charge in [-0.3, -0.25) is 0 Å². The van der Waals surface area contributed by atoms with Gasteiger partial charge in [0.15, 0.2) is 0 Å². The van der Waals surface area contributed by atoms with E-state index >= 15 is 0 Å². The third-order valence-electron chi connectivity index (χ3n) is 1.52. The molecular formula is C8H14N4. The van der Waals surface area contributed by atoms with E-state index in [0.29, 0.717) is 6.54 Å². The van der Waals surface area contributed by atoms with E-state index in [9.17, 15) is 0 Å². The highest BCUT2D eigenvalue weighted by Crippen LogP contribution is 1.96. The second-order valence-corrected chi connectivity index (χ2v) is 2.61. The van der Waals surface area contributed by atoms with Gasteiger partial charge in [-0.05, 0) is 13.5 Å². The van der Waals surface area contributed by atoms with Crippen molar-refractivity contribution in [1.29, 1.82) is 0 Å². The van der Waals surface area contributed by atoms with Crippen LogP contribution in [0.25, 0.3) is 0 Å². The van der Waals surface area contributed by atoms with Gasteiger partial charge in [0.2, 0.25) is 0 Å². The van der Waals surface area contributed by atoms with Crippen LogP contribution >= 0.6 is 0 Å². The fourth-order valence-corrected chi connectivity index (χ4v) is 0.997. The maximum absolute atomic E-state index is 5.40. The summed E-state index contributed by atoms with van der Waals surface area (Å²) in [6, 6.07) is 0. The van der Waals surface area contributed by atoms with Crippen LogP contribution in [0.1, 0.15) is 24.4 Å². The Morgan fingerprint density at radius 1 is 1.17 bits per heavy atom. The van der Waals surface area contributed by atoms with Gasteiger partial charge in [-0.25, -0.2) is 15.0 Å². The quantitative estimate of drug-likeness (QED) is 0.698. The Morgan fingerprint density at radius 2 is 1.83 bits per heavy atom. The van der Waals surface area contributed by atoms with Gasteiger partial charge in [-0.2, -0.15) is 0 Å². The molecule has 0 amide bonds. The SMILES string of the molecule is CCc1nc(C)nc(CCN)n1. The normalized spacial score (nSPS) is 10.2. The van der Waals surface area contributed by atoms with Crippen LogP contribution in [-0.2, 0) is 12.8 Å². The third kappa shape index (κ3) is 2.23. The molecule has 2 N–H and O–H groups in total. The predicted octanol–water partition coefficient (Wildman–Crippen LogP) is 0.244. The first-order valence-corrected chi connectivity index (χ1v) is 4.16. The Bertz CT molecular complexity index is 259. The summed E-state index contributed by atoms with van der Waals surface area (Å²) in [4.78, 5) is 12.6. The molecule has 4 heteroatoms. The lowest BCUT2D eigenvalue weighted by atomic mass is 10.4. The molecule has 0 saturated carbocycles. The number of nitrogens with two attached hydrogens (primary N) is 1. The Kier molecular flexibility index (Phi) is 3.10. The van der Waals surface area contributed by atoms with Gasteiger partial charge in [-0.1, -0.05) is 6.92 Å². The molecule has 0 spiro atoms. The van der Waals surface area contributed by atoms with Crippen LogP contribution in [0.3, 0.4) is 0 Å². The van der Waals surface area contributed by atoms with Crippen molar-refractivity contribution in [2.45, 2.75) is 26.7 Å². The Labute approximate surface area is 72.3 Å². The van der Waals surface area contributed by atoms with Crippen LogP contribution in [0.15, 0.2) is 0 Å². The van der Waals surface area contributed by atoms with E-state index in [1.54, 1.807) is 0 Å². The largest absolute Gasteiger partial charge is 0.330 e. The molecule has 12 heavy (non-hydrogen) atoms. The molecule has 1 aromatic rings. The molecule has 0 aliphatic carbocycles. The number of rotatable bonds is 3. The molecule has 0 saturated heterocycles. The second-order valence-electron chi connectivity index (χ2n) is 2.61. The molecule has 0 fully saturated rings. The summed E-state index contributed by atoms with van der Waals surface area (Å²) < 4.78 is 0. The number of nitrogens with zero attached hydrogens (tertiary/aromatic N) is 3. The van der Waals surface area contributed by atoms with Crippen molar-refractivity contribution in [3.8, 4) is 0 Å². The van der Waals surface area contributed by atoms with Crippen LogP contribution in [0.4, 0.5) is 0 Å². The third-order valence-corrected chi connectivity index (χ3v) is 1.52. The van der Waals surface area contributed by atoms with Gasteiger partial charge in [0.1, 0.15) is 17.5 Å². The second kappa shape index (κ2) is 4.11. The van der Waals surface area contributed by atoms with E-state index in [0.717, 1.165) is 30.3 Å². The zero-order chi connectivity index (χ0) is 8.97. The first-order valence-electron chi connectivity index (χ1n) is 4.16. The van der Waals surface area contributed by atoms with E-state index in [1.165, 1.54) is 0 Å². The lowest BCUT2D eigenvalue weighted by Crippen LogP contribution is -2.10. The van der Waals surface area contributed by atoms with E-state index in [4.69, 9.17) is 5.73 Å². The molecule has 1 heterocycles. The summed E-state index contributed by atoms with van der Waals surface area (Å²) in [5.41, 5.74) is 5.40. The van der Waals surface area contributed by atoms with Gasteiger partial charge in [0.25, 0.3) is 0 Å². The fraction of sp³-hybridized carbons (Fsp3) is 0.625. The molecule has 0 aliphatic rings. The average molecular weight is 166 g/mol. The number of aromatic nitrogens is 3. The maximum Gasteiger partial charge on any atom is 0.133 e. The topological polar surface area (TPSA) is 64.7 Å². The molecule has 66 valence electrons. The lowest BCUT2D eigenvalue weighted by Gasteiger charge is -2.01. The van der Waals surface area contributed by atoms with Crippen LogP contribution in [0.2, 0.25) is 0 Å². The predicted molar refractivity (Wildman–Crippen MR) is 46.7 cm³/mol. The summed E-state index contributed by atoms with van der Waals surface area (Å²) >= 11 is 0. The molecule has 0 aromatic carbocycles. The Balaban J connectivity index is 2.90. The Hall–Kier alpha value is -1.03. The molecule has 1 rings (SSSR count). The van der Waals surface area contributed by atoms with Gasteiger partial charge in [-0.15, -0.1) is 0 Å². The first kappa shape index (κ1) is 9.06. The van der Waals surface area contributed by atoms with E-state index in [-0.39, 0.29) is 0 Å². The van der Waals surface area contributed by atoms with Crippen LogP contribution in [0.5, 0.6) is 0 Å². The number of hydrogen-bond acceptors (Lipinski definition) is 4. The van der Waals surface area contributed by atoms with Gasteiger partial charge < -0.3 is 5.73 Å². The monoisotopic (exact) mass is 166 g/mol. The highest BCUT2D eigenvalue weighted by Gasteiger charge is 2.00. The smallest absolute Gasteiger partial charge is 0.133 e. The van der Waals surface area contributed by atoms with Crippen molar-refractivity contribution in [1.82, 2.24) is 15.0 Å². The van der Waals surface area contributed by atoms with Gasteiger partial charge in [0, 0.05) is 12.8 Å². The van der Waals surface area contributed by atoms with Crippen LogP contribution in [-0.4, -0.2) is 21.5 Å². The van der Waals surface area contributed by atoms with Crippen molar-refractivity contribution in [2.75, 3.05) is 6.54 Å². The molecule has 0 radical (unpaired) electrons. The molecule has 0 atom stereocenters. The van der Waals surface area contributed by atoms with Crippen molar-refractivity contribution in [3.63, 3.8) is 0 Å². The summed E-state index contributed by atoms with van der Waals surface area (Å²) in [6.07, 6.45) is 1.58. The van der Waals surface area contributed by atoms with Crippen molar-refractivity contribution < 1.29 is 0 Å². The van der Waals surface area contributed by atoms with Crippen molar-refractivity contribution >= 4 is 0 Å². The summed E-state index contributed by atoms with van der Waals surface area (Å²) in [5, 5.41) is 0. The number of hydrogen-bond donors (Lipinski definition) is 1. The number of aryl methyl sites for hydroxylation is 2. The molecule has 0 bridgehead atoms. The van der Waals surface area contributed by atoms with Crippen LogP contribution in [0, 0.1) is 6.92 Å². The van der Waals surface area contributed by atoms with Crippen molar-refractivity contribution in [2.24, 2.45) is 5.73 Å². The zero-order valence-electron chi connectivity index (χ0n) is 7.54. The molecule has 0 unspecified atom stereocenters. The maximum atomic E-state index is 5.40. The van der Waals surface area contributed by atoms with Crippen LogP contribution < -0.4 is 5.73 Å². The minimum atomic E-state index is 0.590. The fourth-order valence-electron chi connectivity index (χ4n) is 0.997. The van der Waals surface area contributed by atoms with E-state index < -0.39 is 0 Å². The summed E-state index contributed by atoms with van der Waals surface area (Å²) in [7, 11) is 0. The molecule has 0 aliphatic heterocycles. The summed E-state index contributed by atoms with van der Waals surface area (Å²) in [5.74, 6) is 2.44. The molecule has 4 nitrogen and oxygen atoms in total. The minimum Gasteiger partial charge on any atom is -0.330 e. The van der Waals surface area contributed by atoms with Gasteiger partial charge in [0.05, 0.1) is 0 Å². The minimum absolute atomic E-state index is 0.590. The lowest BCUT2D eigenvalue weighted by molar-refractivity contribution is 0.776. The first-order chi connectivity index (χ1) is 5.76. The van der Waals surface area contributed by atoms with Crippen molar-refractivity contribution in [3.05, 3.63) is 17.5 Å². The standard InChI is InChI=1S/C8H14N4/c1-3-7-10-6(2)11-8(12-7)4-5-9/h3-5,9H2,1-2H3. The van der Waals surface area contributed by atoms with E-state index in [1.807, 2.05) is 13.8 Å². The van der Waals surface area contributed by atoms with E-state index in [2.05, 4.69) is 15.0 Å². The highest BCUT2D eigenvalue weighted by molar-refractivity contribution is 4.96. The molecular weight excluding hydrogens is 152 g/mol. The Morgan fingerprint density at radius 3 is 2.42 bits per heavy atom. The average Bonchev–Trinajstić information content (AvgIpc) is 2.04. The summed E-state index contributed by atoms with van der Waals surface area (Å²) in [6.45, 7) is 4.49. The zero-order valence-corrected chi connectivity index (χ0v) is 7.54. The molecule has 1 aromatic heterocycles. The van der Waals surface area contributed by atoms with Gasteiger partial charge >= 0.3 is 0 Å². The highest BCUT2D eigenvalue weighted by atomic mass is 15.0.